The molecule has 0 bridgehead atoms. The van der Waals surface area contributed by atoms with Crippen LogP contribution in [0.5, 0.6) is 0 Å². The summed E-state index contributed by atoms with van der Waals surface area (Å²) in [5.41, 5.74) is 0. The summed E-state index contributed by atoms with van der Waals surface area (Å²) in [7, 11) is 0. The SMILES string of the molecule is CC(O)CO.CCCCCCCCCCCCCCCCCC(=O)O.CCCCCCCCCCCCCCCCCC(=O)O.O=C(O)CCC(=O)O. The highest BCUT2D eigenvalue weighted by molar-refractivity contribution is 5.75. The number of aliphatic carboxylic acids is 4. The Morgan fingerprint density at radius 3 is 0.623 bits per heavy atom. The Balaban J connectivity index is -0.000000341. The Hall–Kier alpha value is -2.20. The highest BCUT2D eigenvalue weighted by Gasteiger charge is 2.01. The highest BCUT2D eigenvalue weighted by atomic mass is 16.4. The van der Waals surface area contributed by atoms with Crippen LogP contribution in [0.3, 0.4) is 0 Å². The first-order chi connectivity index (χ1) is 25.4. The summed E-state index contributed by atoms with van der Waals surface area (Å²) in [6, 6.07) is 0. The van der Waals surface area contributed by atoms with E-state index in [1.54, 1.807) is 0 Å². The zero-order valence-corrected chi connectivity index (χ0v) is 34.6. The quantitative estimate of drug-likeness (QED) is 0.0335. The number of carboxylic acid groups (broad SMARTS) is 4. The predicted octanol–water partition coefficient (Wildman–Crippen LogP) is 12.0. The van der Waals surface area contributed by atoms with Gasteiger partial charge in [0.1, 0.15) is 0 Å². The second-order valence-corrected chi connectivity index (χ2v) is 14.5. The number of rotatable bonds is 36. The van der Waals surface area contributed by atoms with Crippen molar-refractivity contribution in [2.75, 3.05) is 6.61 Å². The smallest absolute Gasteiger partial charge is 0.303 e. The van der Waals surface area contributed by atoms with Crippen LogP contribution in [0.4, 0.5) is 0 Å². The van der Waals surface area contributed by atoms with Crippen molar-refractivity contribution in [3.63, 3.8) is 0 Å². The van der Waals surface area contributed by atoms with E-state index in [4.69, 9.17) is 30.6 Å². The van der Waals surface area contributed by atoms with Crippen LogP contribution in [0, 0.1) is 0 Å². The van der Waals surface area contributed by atoms with Gasteiger partial charge in [-0.3, -0.25) is 19.2 Å². The molecule has 0 amide bonds. The number of hydrogen-bond acceptors (Lipinski definition) is 6. The normalized spacial score (nSPS) is 10.9. The predicted molar refractivity (Wildman–Crippen MR) is 218 cm³/mol. The molecule has 0 aromatic rings. The van der Waals surface area contributed by atoms with E-state index >= 15 is 0 Å². The summed E-state index contributed by atoms with van der Waals surface area (Å²) in [6.07, 6.45) is 39.2. The van der Waals surface area contributed by atoms with Gasteiger partial charge in [0.2, 0.25) is 0 Å². The van der Waals surface area contributed by atoms with Crippen molar-refractivity contribution in [3.05, 3.63) is 0 Å². The van der Waals surface area contributed by atoms with E-state index in [-0.39, 0.29) is 19.4 Å². The second-order valence-electron chi connectivity index (χ2n) is 14.5. The minimum Gasteiger partial charge on any atom is -0.481 e. The molecule has 0 aliphatic heterocycles. The van der Waals surface area contributed by atoms with E-state index in [1.807, 2.05) is 0 Å². The lowest BCUT2D eigenvalue weighted by molar-refractivity contribution is -0.143. The van der Waals surface area contributed by atoms with Crippen LogP contribution >= 0.6 is 0 Å². The van der Waals surface area contributed by atoms with Crippen molar-refractivity contribution in [1.29, 1.82) is 0 Å². The van der Waals surface area contributed by atoms with E-state index in [1.165, 1.54) is 174 Å². The zero-order valence-electron chi connectivity index (χ0n) is 34.6. The van der Waals surface area contributed by atoms with Crippen LogP contribution in [0.25, 0.3) is 0 Å². The van der Waals surface area contributed by atoms with E-state index in [9.17, 15) is 19.2 Å². The van der Waals surface area contributed by atoms with Gasteiger partial charge in [-0.2, -0.15) is 0 Å². The molecule has 0 saturated heterocycles. The third kappa shape index (κ3) is 75.6. The van der Waals surface area contributed by atoms with Crippen molar-refractivity contribution in [2.45, 2.75) is 245 Å². The lowest BCUT2D eigenvalue weighted by Crippen LogP contribution is -2.03. The van der Waals surface area contributed by atoms with Gasteiger partial charge in [-0.1, -0.05) is 194 Å². The third-order valence-electron chi connectivity index (χ3n) is 8.81. The molecule has 0 heterocycles. The molecule has 0 aliphatic rings. The molecule has 10 nitrogen and oxygen atoms in total. The maximum Gasteiger partial charge on any atom is 0.303 e. The van der Waals surface area contributed by atoms with Crippen molar-refractivity contribution < 1.29 is 49.8 Å². The fraction of sp³-hybridized carbons (Fsp3) is 0.907. The van der Waals surface area contributed by atoms with Crippen molar-refractivity contribution in [2.24, 2.45) is 0 Å². The molecule has 0 fully saturated rings. The molecule has 1 unspecified atom stereocenters. The van der Waals surface area contributed by atoms with Crippen molar-refractivity contribution in [1.82, 2.24) is 0 Å². The Morgan fingerprint density at radius 2 is 0.491 bits per heavy atom. The lowest BCUT2D eigenvalue weighted by atomic mass is 10.0. The summed E-state index contributed by atoms with van der Waals surface area (Å²) in [5.74, 6) is -3.46. The Kier molecular flexibility index (Phi) is 56.3. The van der Waals surface area contributed by atoms with Crippen molar-refractivity contribution in [3.8, 4) is 0 Å². The molecule has 0 aromatic heterocycles. The first-order valence-electron chi connectivity index (χ1n) is 21.6. The third-order valence-corrected chi connectivity index (χ3v) is 8.81. The molecule has 318 valence electrons. The summed E-state index contributed by atoms with van der Waals surface area (Å²) >= 11 is 0. The maximum atomic E-state index is 10.3. The molecular weight excluding hydrogens is 676 g/mol. The highest BCUT2D eigenvalue weighted by Crippen LogP contribution is 2.15. The molecule has 0 aliphatic carbocycles. The fourth-order valence-electron chi connectivity index (χ4n) is 5.51. The average Bonchev–Trinajstić information content (AvgIpc) is 3.11. The van der Waals surface area contributed by atoms with Gasteiger partial charge < -0.3 is 30.6 Å². The van der Waals surface area contributed by atoms with Crippen LogP contribution in [0.1, 0.15) is 239 Å². The zero-order chi connectivity index (χ0) is 40.6. The van der Waals surface area contributed by atoms with Crippen LogP contribution in [-0.4, -0.2) is 67.2 Å². The van der Waals surface area contributed by atoms with Gasteiger partial charge in [0.25, 0.3) is 0 Å². The number of hydrogen-bond donors (Lipinski definition) is 6. The van der Waals surface area contributed by atoms with E-state index < -0.39 is 30.0 Å². The van der Waals surface area contributed by atoms with Crippen LogP contribution in [-0.2, 0) is 19.2 Å². The Morgan fingerprint density at radius 1 is 0.340 bits per heavy atom. The van der Waals surface area contributed by atoms with Gasteiger partial charge in [0.15, 0.2) is 0 Å². The molecular formula is C43H86O10. The van der Waals surface area contributed by atoms with Crippen LogP contribution in [0.2, 0.25) is 0 Å². The average molecular weight is 763 g/mol. The van der Waals surface area contributed by atoms with Gasteiger partial charge in [-0.05, 0) is 19.8 Å². The topological polar surface area (TPSA) is 190 Å². The van der Waals surface area contributed by atoms with Gasteiger partial charge >= 0.3 is 23.9 Å². The fourth-order valence-corrected chi connectivity index (χ4v) is 5.51. The maximum absolute atomic E-state index is 10.3. The Bertz CT molecular complexity index is 699. The van der Waals surface area contributed by atoms with E-state index in [0.717, 1.165) is 25.7 Å². The Labute approximate surface area is 324 Å². The van der Waals surface area contributed by atoms with Gasteiger partial charge in [0, 0.05) is 12.8 Å². The molecule has 0 aromatic carbocycles. The largest absolute Gasteiger partial charge is 0.481 e. The summed E-state index contributed by atoms with van der Waals surface area (Å²) in [5, 5.41) is 48.8. The number of aliphatic hydroxyl groups is 2. The van der Waals surface area contributed by atoms with Gasteiger partial charge in [-0.15, -0.1) is 0 Å². The number of carboxylic acids is 4. The molecule has 0 spiro atoms. The van der Waals surface area contributed by atoms with Crippen LogP contribution < -0.4 is 0 Å². The molecule has 0 rings (SSSR count). The van der Waals surface area contributed by atoms with E-state index in [2.05, 4.69) is 13.8 Å². The summed E-state index contributed by atoms with van der Waals surface area (Å²) in [4.78, 5) is 39.9. The first-order valence-corrected chi connectivity index (χ1v) is 21.6. The number of carbonyl (C=O) groups is 4. The van der Waals surface area contributed by atoms with Gasteiger partial charge in [-0.25, -0.2) is 0 Å². The minimum atomic E-state index is -1.08. The summed E-state index contributed by atoms with van der Waals surface area (Å²) in [6.45, 7) is 5.93. The standard InChI is InChI=1S/2C18H36O2.C4H6O4.C3H8O2/c2*1-2-3-4-5-6-7-8-9-10-11-12-13-14-15-16-17-18(19)20;5-3(6)1-2-4(7)8;1-3(5)2-4/h2*2-17H2,1H3,(H,19,20);1-2H2,(H,5,6)(H,7,8);3-5H,2H2,1H3. The summed E-state index contributed by atoms with van der Waals surface area (Å²) < 4.78 is 0. The van der Waals surface area contributed by atoms with Gasteiger partial charge in [0.05, 0.1) is 25.6 Å². The molecule has 53 heavy (non-hydrogen) atoms. The molecule has 1 atom stereocenters. The number of unbranched alkanes of at least 4 members (excludes halogenated alkanes) is 28. The molecule has 0 saturated carbocycles. The van der Waals surface area contributed by atoms with E-state index in [0.29, 0.717) is 12.8 Å². The molecule has 0 radical (unpaired) electrons. The van der Waals surface area contributed by atoms with Crippen LogP contribution in [0.15, 0.2) is 0 Å². The second kappa shape index (κ2) is 51.9. The lowest BCUT2D eigenvalue weighted by Gasteiger charge is -2.03. The monoisotopic (exact) mass is 763 g/mol. The number of aliphatic hydroxyl groups excluding tert-OH is 2. The molecule has 10 heteroatoms. The first kappa shape index (κ1) is 57.5. The van der Waals surface area contributed by atoms with Crippen molar-refractivity contribution >= 4 is 23.9 Å². The molecule has 6 N–H and O–H groups in total. The minimum absolute atomic E-state index is 0.139.